The largest absolute Gasteiger partial charge is 0.481 e. The standard InChI is InChI=1S/C29H31Cl2F4N3O4/c1-26(2)21-5-4-8-28(21,26)37(14-20(39)22-18(30)11-15(32)12-19(22)31)24(40)17-13-36-38(23(17)29(33,34)35)16-6-9-27(3,10-7-16)25(41)42/h11-13,16,21H,4-10,14H2,1-3H3,(H,41,42). The second kappa shape index (κ2) is 10.2. The lowest BCUT2D eigenvalue weighted by molar-refractivity contribution is -0.152. The molecule has 5 rings (SSSR count). The molecule has 3 saturated carbocycles. The third-order valence-electron chi connectivity index (χ3n) is 10.1. The quantitative estimate of drug-likeness (QED) is 0.253. The molecule has 13 heteroatoms. The Hall–Kier alpha value is -2.66. The molecule has 0 saturated heterocycles. The van der Waals surface area contributed by atoms with Gasteiger partial charge in [0.15, 0.2) is 11.5 Å². The number of hydrogen-bond acceptors (Lipinski definition) is 4. The number of aromatic nitrogens is 2. The van der Waals surface area contributed by atoms with Gasteiger partial charge in [0.25, 0.3) is 5.91 Å². The van der Waals surface area contributed by atoms with Gasteiger partial charge in [-0.05, 0) is 68.9 Å². The van der Waals surface area contributed by atoms with Crippen LogP contribution in [0.25, 0.3) is 0 Å². The zero-order valence-corrected chi connectivity index (χ0v) is 24.8. The van der Waals surface area contributed by atoms with Gasteiger partial charge in [-0.3, -0.25) is 19.1 Å². The summed E-state index contributed by atoms with van der Waals surface area (Å²) >= 11 is 12.3. The second-order valence-electron chi connectivity index (χ2n) is 12.6. The highest BCUT2D eigenvalue weighted by molar-refractivity contribution is 6.40. The van der Waals surface area contributed by atoms with Crippen molar-refractivity contribution in [3.8, 4) is 0 Å². The molecule has 0 bridgehead atoms. The van der Waals surface area contributed by atoms with Crippen molar-refractivity contribution in [3.05, 3.63) is 51.0 Å². The second-order valence-corrected chi connectivity index (χ2v) is 13.4. The first-order valence-corrected chi connectivity index (χ1v) is 14.6. The van der Waals surface area contributed by atoms with Gasteiger partial charge in [0, 0.05) is 0 Å². The summed E-state index contributed by atoms with van der Waals surface area (Å²) in [6.45, 7) is 4.81. The Bertz CT molecular complexity index is 1440. The molecule has 1 heterocycles. The Labute approximate surface area is 250 Å². The molecule has 3 fully saturated rings. The van der Waals surface area contributed by atoms with Crippen LogP contribution in [0.3, 0.4) is 0 Å². The maximum absolute atomic E-state index is 14.6. The third-order valence-corrected chi connectivity index (χ3v) is 10.7. The first-order chi connectivity index (χ1) is 19.5. The zero-order valence-electron chi connectivity index (χ0n) is 23.3. The molecule has 2 atom stereocenters. The molecule has 1 aromatic heterocycles. The topological polar surface area (TPSA) is 92.5 Å². The van der Waals surface area contributed by atoms with Crippen LogP contribution in [0.4, 0.5) is 17.6 Å². The molecule has 2 unspecified atom stereocenters. The number of rotatable bonds is 7. The minimum absolute atomic E-state index is 0.0302. The first kappa shape index (κ1) is 30.8. The van der Waals surface area contributed by atoms with Crippen LogP contribution in [0.1, 0.15) is 98.2 Å². The van der Waals surface area contributed by atoms with Crippen molar-refractivity contribution < 1.29 is 37.1 Å². The lowest BCUT2D eigenvalue weighted by Gasteiger charge is -2.35. The van der Waals surface area contributed by atoms with Crippen LogP contribution in [0.2, 0.25) is 10.0 Å². The van der Waals surface area contributed by atoms with E-state index in [1.54, 1.807) is 6.92 Å². The van der Waals surface area contributed by atoms with Gasteiger partial charge in [-0.1, -0.05) is 43.5 Å². The molecule has 7 nitrogen and oxygen atoms in total. The smallest absolute Gasteiger partial charge is 0.433 e. The van der Waals surface area contributed by atoms with E-state index in [0.29, 0.717) is 6.42 Å². The number of benzene rings is 1. The van der Waals surface area contributed by atoms with Crippen LogP contribution >= 0.6 is 23.2 Å². The molecule has 0 aliphatic heterocycles. The number of carbonyl (C=O) groups excluding carboxylic acids is 2. The van der Waals surface area contributed by atoms with E-state index in [-0.39, 0.29) is 47.2 Å². The SMILES string of the molecule is CC1(C(=O)O)CCC(n2ncc(C(=O)N(CC(=O)c3c(Cl)cc(F)cc3Cl)C34CCCC3C4(C)C)c2C(F)(F)F)CC1. The number of amides is 1. The number of hydrogen-bond donors (Lipinski definition) is 1. The first-order valence-electron chi connectivity index (χ1n) is 13.8. The maximum atomic E-state index is 14.6. The molecule has 1 amide bonds. The number of carboxylic acids is 1. The lowest BCUT2D eigenvalue weighted by Crippen LogP contribution is -2.48. The Morgan fingerprint density at radius 1 is 1.07 bits per heavy atom. The van der Waals surface area contributed by atoms with Crippen LogP contribution in [-0.4, -0.2) is 49.5 Å². The number of ketones is 1. The van der Waals surface area contributed by atoms with E-state index in [2.05, 4.69) is 5.10 Å². The predicted molar refractivity (Wildman–Crippen MR) is 146 cm³/mol. The van der Waals surface area contributed by atoms with Gasteiger partial charge in [-0.25, -0.2) is 4.39 Å². The highest BCUT2D eigenvalue weighted by atomic mass is 35.5. The van der Waals surface area contributed by atoms with E-state index in [4.69, 9.17) is 23.2 Å². The molecule has 42 heavy (non-hydrogen) atoms. The monoisotopic (exact) mass is 631 g/mol. The van der Waals surface area contributed by atoms with Crippen LogP contribution in [0, 0.1) is 22.6 Å². The molecule has 1 N–H and O–H groups in total. The third kappa shape index (κ3) is 4.71. The average Bonchev–Trinajstić information content (AvgIpc) is 3.33. The van der Waals surface area contributed by atoms with Gasteiger partial charge in [-0.15, -0.1) is 0 Å². The van der Waals surface area contributed by atoms with Gasteiger partial charge < -0.3 is 10.0 Å². The van der Waals surface area contributed by atoms with E-state index in [1.807, 2.05) is 13.8 Å². The summed E-state index contributed by atoms with van der Waals surface area (Å²) in [4.78, 5) is 40.6. The summed E-state index contributed by atoms with van der Waals surface area (Å²) in [6, 6.07) is 1.07. The van der Waals surface area contributed by atoms with Crippen molar-refractivity contribution in [1.82, 2.24) is 14.7 Å². The molecule has 2 aromatic rings. The number of nitrogens with zero attached hydrogens (tertiary/aromatic N) is 3. The maximum Gasteiger partial charge on any atom is 0.433 e. The van der Waals surface area contributed by atoms with Crippen LogP contribution < -0.4 is 0 Å². The summed E-state index contributed by atoms with van der Waals surface area (Å²) in [6.07, 6.45) is -1.48. The van der Waals surface area contributed by atoms with Gasteiger partial charge >= 0.3 is 12.1 Å². The summed E-state index contributed by atoms with van der Waals surface area (Å²) < 4.78 is 58.5. The number of aliphatic carboxylic acids is 1. The fourth-order valence-electron chi connectivity index (χ4n) is 7.63. The number of Topliss-reactive ketones (excluding diaryl/α,β-unsaturated/α-hetero) is 1. The van der Waals surface area contributed by atoms with Crippen molar-refractivity contribution in [2.24, 2.45) is 16.7 Å². The van der Waals surface area contributed by atoms with Crippen molar-refractivity contribution in [1.29, 1.82) is 0 Å². The minimum Gasteiger partial charge on any atom is -0.481 e. The fourth-order valence-corrected chi connectivity index (χ4v) is 8.30. The van der Waals surface area contributed by atoms with Gasteiger partial charge in [0.1, 0.15) is 5.82 Å². The van der Waals surface area contributed by atoms with Crippen LogP contribution in [0.5, 0.6) is 0 Å². The lowest BCUT2D eigenvalue weighted by atomic mass is 9.74. The molecule has 0 radical (unpaired) electrons. The number of carboxylic acid groups (broad SMARTS) is 1. The molecule has 228 valence electrons. The fraction of sp³-hybridized carbons (Fsp3) is 0.586. The number of halogens is 6. The Kier molecular flexibility index (Phi) is 7.49. The van der Waals surface area contributed by atoms with E-state index >= 15 is 0 Å². The normalized spacial score (nSPS) is 28.3. The van der Waals surface area contributed by atoms with Gasteiger partial charge in [0.05, 0.1) is 50.9 Å². The van der Waals surface area contributed by atoms with E-state index in [0.717, 1.165) is 35.9 Å². The molecule has 3 aliphatic carbocycles. The Morgan fingerprint density at radius 3 is 2.17 bits per heavy atom. The molecule has 0 spiro atoms. The molecular formula is C29H31Cl2F4N3O4. The van der Waals surface area contributed by atoms with Gasteiger partial charge in [0.2, 0.25) is 0 Å². The highest BCUT2D eigenvalue weighted by Gasteiger charge is 2.76. The van der Waals surface area contributed by atoms with Gasteiger partial charge in [-0.2, -0.15) is 18.3 Å². The minimum atomic E-state index is -4.96. The van der Waals surface area contributed by atoms with Crippen LogP contribution in [0.15, 0.2) is 18.3 Å². The Morgan fingerprint density at radius 2 is 1.67 bits per heavy atom. The van der Waals surface area contributed by atoms with E-state index < -0.39 is 69.9 Å². The van der Waals surface area contributed by atoms with Crippen molar-refractivity contribution in [2.45, 2.75) is 83.5 Å². The van der Waals surface area contributed by atoms with E-state index in [1.165, 1.54) is 4.90 Å². The van der Waals surface area contributed by atoms with E-state index in [9.17, 15) is 37.1 Å². The number of carbonyl (C=O) groups is 3. The summed E-state index contributed by atoms with van der Waals surface area (Å²) in [5.41, 5.74) is -4.49. The summed E-state index contributed by atoms with van der Waals surface area (Å²) in [5, 5.41) is 13.0. The van der Waals surface area contributed by atoms with Crippen molar-refractivity contribution in [3.63, 3.8) is 0 Å². The zero-order chi connectivity index (χ0) is 31.0. The molecular weight excluding hydrogens is 601 g/mol. The summed E-state index contributed by atoms with van der Waals surface area (Å²) in [5.74, 6) is -3.51. The Balaban J connectivity index is 1.54. The average molecular weight is 632 g/mol. The molecule has 3 aliphatic rings. The highest BCUT2D eigenvalue weighted by Crippen LogP contribution is 2.73. The van der Waals surface area contributed by atoms with Crippen molar-refractivity contribution >= 4 is 40.9 Å². The van der Waals surface area contributed by atoms with Crippen molar-refractivity contribution in [2.75, 3.05) is 6.54 Å². The predicted octanol–water partition coefficient (Wildman–Crippen LogP) is 7.46. The molecule has 1 aromatic carbocycles. The number of alkyl halides is 3. The summed E-state index contributed by atoms with van der Waals surface area (Å²) in [7, 11) is 0. The number of fused-ring (bicyclic) bond motifs is 1. The van der Waals surface area contributed by atoms with Crippen LogP contribution in [-0.2, 0) is 11.0 Å².